The van der Waals surface area contributed by atoms with Gasteiger partial charge in [-0.2, -0.15) is 0 Å². The van der Waals surface area contributed by atoms with Crippen molar-refractivity contribution in [3.8, 4) is 0 Å². The summed E-state index contributed by atoms with van der Waals surface area (Å²) in [5.41, 5.74) is 0.822. The van der Waals surface area contributed by atoms with E-state index >= 15 is 0 Å². The fraction of sp³-hybridized carbons (Fsp3) is 0.471. The fourth-order valence-electron chi connectivity index (χ4n) is 2.56. The maximum Gasteiger partial charge on any atom is 0.287 e. The third-order valence-electron chi connectivity index (χ3n) is 3.68. The lowest BCUT2D eigenvalue weighted by atomic mass is 10.1. The highest BCUT2D eigenvalue weighted by Gasteiger charge is 2.31. The molecule has 1 atom stereocenters. The number of amides is 2. The maximum atomic E-state index is 12.9. The number of rotatable bonds is 6. The van der Waals surface area contributed by atoms with Crippen LogP contribution >= 0.6 is 0 Å². The Labute approximate surface area is 134 Å². The van der Waals surface area contributed by atoms with Crippen molar-refractivity contribution in [1.29, 1.82) is 0 Å². The average Bonchev–Trinajstić information content (AvgIpc) is 2.80. The molecule has 1 saturated heterocycles. The average molecular weight is 320 g/mol. The van der Waals surface area contributed by atoms with Crippen molar-refractivity contribution < 1.29 is 18.8 Å². The molecular formula is C17H21FN2O3. The van der Waals surface area contributed by atoms with Gasteiger partial charge in [0.05, 0.1) is 6.04 Å². The second-order valence-corrected chi connectivity index (χ2v) is 6.30. The predicted molar refractivity (Wildman–Crippen MR) is 82.8 cm³/mol. The van der Waals surface area contributed by atoms with E-state index in [1.807, 2.05) is 13.8 Å². The molecule has 0 bridgehead atoms. The minimum atomic E-state index is -0.625. The van der Waals surface area contributed by atoms with Crippen molar-refractivity contribution >= 4 is 17.6 Å². The molecule has 2 amide bonds. The van der Waals surface area contributed by atoms with Crippen molar-refractivity contribution in [2.75, 3.05) is 6.54 Å². The van der Waals surface area contributed by atoms with Gasteiger partial charge in [-0.15, -0.1) is 0 Å². The van der Waals surface area contributed by atoms with Crippen molar-refractivity contribution in [3.63, 3.8) is 0 Å². The topological polar surface area (TPSA) is 66.5 Å². The number of nitrogens with one attached hydrogen (secondary N) is 1. The van der Waals surface area contributed by atoms with Gasteiger partial charge in [-0.05, 0) is 23.6 Å². The van der Waals surface area contributed by atoms with Crippen LogP contribution in [0.3, 0.4) is 0 Å². The van der Waals surface area contributed by atoms with Crippen LogP contribution in [0.15, 0.2) is 24.3 Å². The van der Waals surface area contributed by atoms with E-state index in [9.17, 15) is 18.8 Å². The molecule has 124 valence electrons. The molecule has 2 rings (SSSR count). The summed E-state index contributed by atoms with van der Waals surface area (Å²) < 4.78 is 12.9. The van der Waals surface area contributed by atoms with Crippen LogP contribution in [0.1, 0.15) is 32.3 Å². The molecule has 1 aromatic rings. The van der Waals surface area contributed by atoms with Crippen LogP contribution in [0.5, 0.6) is 0 Å². The van der Waals surface area contributed by atoms with Crippen molar-refractivity contribution in [1.82, 2.24) is 10.2 Å². The van der Waals surface area contributed by atoms with Gasteiger partial charge in [-0.1, -0.05) is 26.0 Å². The van der Waals surface area contributed by atoms with E-state index in [1.165, 1.54) is 12.1 Å². The highest BCUT2D eigenvalue weighted by Crippen LogP contribution is 2.15. The number of carbonyl (C=O) groups is 3. The maximum absolute atomic E-state index is 12.9. The zero-order chi connectivity index (χ0) is 17.0. The second kappa shape index (κ2) is 7.35. The molecule has 1 aliphatic rings. The van der Waals surface area contributed by atoms with Crippen LogP contribution in [0.4, 0.5) is 4.39 Å². The second-order valence-electron chi connectivity index (χ2n) is 6.30. The van der Waals surface area contributed by atoms with Crippen LogP contribution in [0.25, 0.3) is 0 Å². The molecule has 0 aromatic heterocycles. The van der Waals surface area contributed by atoms with Gasteiger partial charge in [0.25, 0.3) is 5.91 Å². The van der Waals surface area contributed by atoms with Gasteiger partial charge < -0.3 is 10.2 Å². The summed E-state index contributed by atoms with van der Waals surface area (Å²) in [5, 5.41) is 2.63. The van der Waals surface area contributed by atoms with Gasteiger partial charge in [0.1, 0.15) is 5.82 Å². The van der Waals surface area contributed by atoms with Crippen molar-refractivity contribution in [2.45, 2.75) is 39.3 Å². The Bertz CT molecular complexity index is 598. The van der Waals surface area contributed by atoms with Gasteiger partial charge in [0.15, 0.2) is 0 Å². The Balaban J connectivity index is 1.88. The van der Waals surface area contributed by atoms with Crippen molar-refractivity contribution in [2.24, 2.45) is 5.92 Å². The molecule has 1 aromatic carbocycles. The predicted octanol–water partition coefficient (Wildman–Crippen LogP) is 1.66. The highest BCUT2D eigenvalue weighted by atomic mass is 19.1. The van der Waals surface area contributed by atoms with E-state index in [1.54, 1.807) is 17.0 Å². The summed E-state index contributed by atoms with van der Waals surface area (Å²) in [7, 11) is 0. The largest absolute Gasteiger partial charge is 0.344 e. The van der Waals surface area contributed by atoms with Gasteiger partial charge in [0, 0.05) is 25.9 Å². The number of nitrogens with zero attached hydrogens (tertiary/aromatic N) is 1. The smallest absolute Gasteiger partial charge is 0.287 e. The minimum Gasteiger partial charge on any atom is -0.344 e. The van der Waals surface area contributed by atoms with E-state index in [4.69, 9.17) is 0 Å². The first-order valence-electron chi connectivity index (χ1n) is 7.71. The van der Waals surface area contributed by atoms with E-state index < -0.39 is 11.7 Å². The lowest BCUT2D eigenvalue weighted by Crippen LogP contribution is -2.41. The normalized spacial score (nSPS) is 17.7. The number of Topliss-reactive ketones (excluding diaryl/α,β-unsaturated/α-hetero) is 1. The number of likely N-dealkylation sites (tertiary alicyclic amines) is 1. The van der Waals surface area contributed by atoms with Crippen LogP contribution in [0, 0.1) is 11.7 Å². The zero-order valence-electron chi connectivity index (χ0n) is 13.3. The molecule has 6 heteroatoms. The number of ketones is 1. The Kier molecular flexibility index (Phi) is 5.47. The van der Waals surface area contributed by atoms with Gasteiger partial charge in [-0.3, -0.25) is 14.4 Å². The third-order valence-corrected chi connectivity index (χ3v) is 3.68. The van der Waals surface area contributed by atoms with Crippen LogP contribution in [-0.2, 0) is 20.9 Å². The molecule has 0 aliphatic carbocycles. The molecule has 0 saturated carbocycles. The molecule has 5 nitrogen and oxygen atoms in total. The van der Waals surface area contributed by atoms with E-state index in [2.05, 4.69) is 5.32 Å². The molecule has 1 heterocycles. The molecule has 1 fully saturated rings. The molecule has 0 spiro atoms. The standard InChI is InChI=1S/C17H21FN2O3/c1-11(2)7-15(21)17(23)19-14-8-16(22)20(10-14)9-12-3-5-13(18)6-4-12/h3-6,11,14H,7-10H2,1-2H3,(H,19,23)/t14-/m0/s1. The number of halogens is 1. The Morgan fingerprint density at radius 2 is 1.96 bits per heavy atom. The van der Waals surface area contributed by atoms with Gasteiger partial charge in [0.2, 0.25) is 11.7 Å². The van der Waals surface area contributed by atoms with Crippen LogP contribution in [-0.4, -0.2) is 35.1 Å². The Hall–Kier alpha value is -2.24. The summed E-state index contributed by atoms with van der Waals surface area (Å²) in [6, 6.07) is 5.59. The first kappa shape index (κ1) is 17.1. The van der Waals surface area contributed by atoms with E-state index in [0.29, 0.717) is 13.1 Å². The highest BCUT2D eigenvalue weighted by molar-refractivity contribution is 6.36. The molecule has 23 heavy (non-hydrogen) atoms. The van der Waals surface area contributed by atoms with Crippen molar-refractivity contribution in [3.05, 3.63) is 35.6 Å². The third kappa shape index (κ3) is 4.87. The Morgan fingerprint density at radius 3 is 2.57 bits per heavy atom. The lowest BCUT2D eigenvalue weighted by molar-refractivity contribution is -0.138. The lowest BCUT2D eigenvalue weighted by Gasteiger charge is -2.17. The summed E-state index contributed by atoms with van der Waals surface area (Å²) in [6.45, 7) is 4.46. The van der Waals surface area contributed by atoms with E-state index in [-0.39, 0.29) is 36.5 Å². The quantitative estimate of drug-likeness (QED) is 0.811. The number of hydrogen-bond donors (Lipinski definition) is 1. The van der Waals surface area contributed by atoms with Gasteiger partial charge >= 0.3 is 0 Å². The SMILES string of the molecule is CC(C)CC(=O)C(=O)N[C@H]1CC(=O)N(Cc2ccc(F)cc2)C1. The minimum absolute atomic E-state index is 0.0871. The first-order valence-corrected chi connectivity index (χ1v) is 7.71. The first-order chi connectivity index (χ1) is 10.8. The molecule has 1 N–H and O–H groups in total. The summed E-state index contributed by atoms with van der Waals surface area (Å²) >= 11 is 0. The fourth-order valence-corrected chi connectivity index (χ4v) is 2.56. The molecule has 0 unspecified atom stereocenters. The number of carbonyl (C=O) groups excluding carboxylic acids is 3. The zero-order valence-corrected chi connectivity index (χ0v) is 13.3. The van der Waals surface area contributed by atoms with E-state index in [0.717, 1.165) is 5.56 Å². The molecule has 0 radical (unpaired) electrons. The summed E-state index contributed by atoms with van der Waals surface area (Å²) in [4.78, 5) is 37.1. The van der Waals surface area contributed by atoms with Crippen LogP contribution < -0.4 is 5.32 Å². The molecular weight excluding hydrogens is 299 g/mol. The summed E-state index contributed by atoms with van der Waals surface area (Å²) in [5.74, 6) is -1.37. The monoisotopic (exact) mass is 320 g/mol. The Morgan fingerprint density at radius 1 is 1.30 bits per heavy atom. The molecule has 1 aliphatic heterocycles. The summed E-state index contributed by atoms with van der Waals surface area (Å²) in [6.07, 6.45) is 0.383. The number of hydrogen-bond acceptors (Lipinski definition) is 3. The van der Waals surface area contributed by atoms with Crippen LogP contribution in [0.2, 0.25) is 0 Å². The van der Waals surface area contributed by atoms with Gasteiger partial charge in [-0.25, -0.2) is 4.39 Å². The number of benzene rings is 1.